The Kier molecular flexibility index (Phi) is 2.11. The van der Waals surface area contributed by atoms with Crippen LogP contribution in [0.1, 0.15) is 5.56 Å². The Bertz CT molecular complexity index is 247. The third kappa shape index (κ3) is 1.49. The maximum atomic E-state index is 5.75. The molecule has 0 bridgehead atoms. The number of hydrogen-bond donors (Lipinski definition) is 1. The van der Waals surface area contributed by atoms with E-state index in [-0.39, 0.29) is 12.1 Å². The van der Waals surface area contributed by atoms with Gasteiger partial charge in [-0.2, -0.15) is 0 Å². The van der Waals surface area contributed by atoms with Crippen LogP contribution in [0.4, 0.5) is 0 Å². The predicted molar refractivity (Wildman–Crippen MR) is 47.9 cm³/mol. The maximum absolute atomic E-state index is 5.75. The van der Waals surface area contributed by atoms with E-state index in [0.29, 0.717) is 0 Å². The van der Waals surface area contributed by atoms with Crippen LogP contribution in [-0.2, 0) is 11.2 Å². The van der Waals surface area contributed by atoms with Crippen LogP contribution in [0.3, 0.4) is 0 Å². The Morgan fingerprint density at radius 1 is 1.33 bits per heavy atom. The van der Waals surface area contributed by atoms with Gasteiger partial charge in [0.05, 0.1) is 18.8 Å². The van der Waals surface area contributed by atoms with Gasteiger partial charge in [0.15, 0.2) is 0 Å². The summed E-state index contributed by atoms with van der Waals surface area (Å²) < 4.78 is 5.32. The van der Waals surface area contributed by atoms with Gasteiger partial charge in [-0.1, -0.05) is 30.3 Å². The molecule has 64 valence electrons. The Balaban J connectivity index is 1.95. The fourth-order valence-electron chi connectivity index (χ4n) is 1.40. The van der Waals surface area contributed by atoms with Crippen LogP contribution in [0.2, 0.25) is 0 Å². The zero-order valence-electron chi connectivity index (χ0n) is 6.94. The first-order chi connectivity index (χ1) is 5.86. The van der Waals surface area contributed by atoms with E-state index < -0.39 is 0 Å². The molecule has 2 N–H and O–H groups in total. The Labute approximate surface area is 72.3 Å². The van der Waals surface area contributed by atoms with Crippen LogP contribution >= 0.6 is 0 Å². The summed E-state index contributed by atoms with van der Waals surface area (Å²) >= 11 is 0. The van der Waals surface area contributed by atoms with Crippen LogP contribution in [0, 0.1) is 0 Å². The second-order valence-corrected chi connectivity index (χ2v) is 3.23. The molecule has 1 heterocycles. The van der Waals surface area contributed by atoms with E-state index in [2.05, 4.69) is 12.1 Å². The van der Waals surface area contributed by atoms with Gasteiger partial charge in [-0.15, -0.1) is 0 Å². The quantitative estimate of drug-likeness (QED) is 0.704. The van der Waals surface area contributed by atoms with Gasteiger partial charge in [0.1, 0.15) is 0 Å². The zero-order valence-corrected chi connectivity index (χ0v) is 6.94. The van der Waals surface area contributed by atoms with Gasteiger partial charge in [-0.05, 0) is 5.56 Å². The van der Waals surface area contributed by atoms with Crippen LogP contribution in [0.15, 0.2) is 30.3 Å². The monoisotopic (exact) mass is 163 g/mol. The number of nitrogens with two attached hydrogens (primary N) is 1. The van der Waals surface area contributed by atoms with Gasteiger partial charge < -0.3 is 10.5 Å². The molecule has 0 aromatic heterocycles. The van der Waals surface area contributed by atoms with Crippen LogP contribution in [0.5, 0.6) is 0 Å². The highest BCUT2D eigenvalue weighted by Crippen LogP contribution is 2.15. The lowest BCUT2D eigenvalue weighted by molar-refractivity contribution is -0.0712. The van der Waals surface area contributed by atoms with Gasteiger partial charge in [0.2, 0.25) is 0 Å². The average molecular weight is 163 g/mol. The van der Waals surface area contributed by atoms with E-state index in [0.717, 1.165) is 13.0 Å². The largest absolute Gasteiger partial charge is 0.374 e. The highest BCUT2D eigenvalue weighted by Gasteiger charge is 2.28. The van der Waals surface area contributed by atoms with E-state index in [9.17, 15) is 0 Å². The summed E-state index contributed by atoms with van der Waals surface area (Å²) in [6.07, 6.45) is 1.19. The summed E-state index contributed by atoms with van der Waals surface area (Å²) in [4.78, 5) is 0. The summed E-state index contributed by atoms with van der Waals surface area (Å²) in [5, 5.41) is 0. The molecule has 0 spiro atoms. The second kappa shape index (κ2) is 3.25. The minimum absolute atomic E-state index is 0.241. The smallest absolute Gasteiger partial charge is 0.0789 e. The first-order valence-electron chi connectivity index (χ1n) is 4.27. The Morgan fingerprint density at radius 2 is 2.08 bits per heavy atom. The lowest BCUT2D eigenvalue weighted by Gasteiger charge is -2.33. The Hall–Kier alpha value is -0.860. The van der Waals surface area contributed by atoms with E-state index in [4.69, 9.17) is 10.5 Å². The van der Waals surface area contributed by atoms with Crippen molar-refractivity contribution in [2.45, 2.75) is 18.6 Å². The van der Waals surface area contributed by atoms with Gasteiger partial charge in [-0.3, -0.25) is 0 Å². The zero-order chi connectivity index (χ0) is 8.39. The molecule has 2 unspecified atom stereocenters. The summed E-state index contributed by atoms with van der Waals surface area (Å²) in [5.41, 5.74) is 7.05. The van der Waals surface area contributed by atoms with Crippen LogP contribution < -0.4 is 5.73 Å². The normalized spacial score (nSPS) is 28.1. The van der Waals surface area contributed by atoms with Crippen molar-refractivity contribution >= 4 is 0 Å². The van der Waals surface area contributed by atoms with Crippen LogP contribution in [-0.4, -0.2) is 18.8 Å². The molecule has 1 fully saturated rings. The summed E-state index contributed by atoms with van der Waals surface area (Å²) in [7, 11) is 0. The highest BCUT2D eigenvalue weighted by molar-refractivity contribution is 5.16. The number of ether oxygens (including phenoxy) is 1. The summed E-state index contributed by atoms with van der Waals surface area (Å²) in [6, 6.07) is 10.6. The topological polar surface area (TPSA) is 35.2 Å². The molecule has 2 heteroatoms. The lowest BCUT2D eigenvalue weighted by atomic mass is 9.99. The molecule has 2 atom stereocenters. The average Bonchev–Trinajstić information content (AvgIpc) is 2.14. The highest BCUT2D eigenvalue weighted by atomic mass is 16.5. The van der Waals surface area contributed by atoms with Crippen molar-refractivity contribution in [1.82, 2.24) is 0 Å². The van der Waals surface area contributed by atoms with E-state index in [1.165, 1.54) is 5.56 Å². The first kappa shape index (κ1) is 7.77. The van der Waals surface area contributed by atoms with Crippen molar-refractivity contribution in [3.63, 3.8) is 0 Å². The number of benzene rings is 1. The fraction of sp³-hybridized carbons (Fsp3) is 0.400. The van der Waals surface area contributed by atoms with Gasteiger partial charge in [-0.25, -0.2) is 0 Å². The third-order valence-electron chi connectivity index (χ3n) is 2.26. The molecule has 2 nitrogen and oxygen atoms in total. The summed E-state index contributed by atoms with van der Waals surface area (Å²) in [5.74, 6) is 0. The van der Waals surface area contributed by atoms with Crippen molar-refractivity contribution in [3.05, 3.63) is 35.9 Å². The SMILES string of the molecule is NC1COC1Cc1ccccc1. The lowest BCUT2D eigenvalue weighted by Crippen LogP contribution is -2.52. The molecule has 0 amide bonds. The molecule has 1 aromatic rings. The molecular formula is C10H13NO. The summed E-state index contributed by atoms with van der Waals surface area (Å²) in [6.45, 7) is 0.720. The molecule has 1 aliphatic heterocycles. The molecule has 0 saturated carbocycles. The maximum Gasteiger partial charge on any atom is 0.0789 e. The van der Waals surface area contributed by atoms with Gasteiger partial charge in [0, 0.05) is 6.42 Å². The van der Waals surface area contributed by atoms with Crippen molar-refractivity contribution in [2.75, 3.05) is 6.61 Å². The minimum Gasteiger partial charge on any atom is -0.374 e. The molecule has 12 heavy (non-hydrogen) atoms. The van der Waals surface area contributed by atoms with E-state index >= 15 is 0 Å². The molecule has 1 aromatic carbocycles. The second-order valence-electron chi connectivity index (χ2n) is 3.23. The molecule has 2 rings (SSSR count). The molecule has 1 aliphatic rings. The first-order valence-corrected chi connectivity index (χ1v) is 4.27. The van der Waals surface area contributed by atoms with E-state index in [1.54, 1.807) is 0 Å². The van der Waals surface area contributed by atoms with Crippen molar-refractivity contribution in [2.24, 2.45) is 5.73 Å². The van der Waals surface area contributed by atoms with E-state index in [1.807, 2.05) is 18.2 Å². The molecule has 0 radical (unpaired) electrons. The molecular weight excluding hydrogens is 150 g/mol. The fourth-order valence-corrected chi connectivity index (χ4v) is 1.40. The number of hydrogen-bond acceptors (Lipinski definition) is 2. The van der Waals surface area contributed by atoms with Crippen molar-refractivity contribution in [1.29, 1.82) is 0 Å². The van der Waals surface area contributed by atoms with Gasteiger partial charge >= 0.3 is 0 Å². The predicted octanol–water partition coefficient (Wildman–Crippen LogP) is 0.955. The van der Waals surface area contributed by atoms with Crippen molar-refractivity contribution < 1.29 is 4.74 Å². The molecule has 0 aliphatic carbocycles. The third-order valence-corrected chi connectivity index (χ3v) is 2.26. The van der Waals surface area contributed by atoms with Gasteiger partial charge in [0.25, 0.3) is 0 Å². The van der Waals surface area contributed by atoms with Crippen molar-refractivity contribution in [3.8, 4) is 0 Å². The minimum atomic E-state index is 0.241. The Morgan fingerprint density at radius 3 is 2.58 bits per heavy atom. The molecule has 1 saturated heterocycles. The standard InChI is InChI=1S/C10H13NO/c11-9-7-12-10(9)6-8-4-2-1-3-5-8/h1-5,9-10H,6-7,11H2. The number of rotatable bonds is 2. The van der Waals surface area contributed by atoms with Crippen LogP contribution in [0.25, 0.3) is 0 Å².